The second-order valence-corrected chi connectivity index (χ2v) is 6.68. The SMILES string of the molecule is CC(C)C(=O)NCC1CCCN(C(=O)CC2COCCN2)C1.Cl. The minimum Gasteiger partial charge on any atom is -0.378 e. The van der Waals surface area contributed by atoms with Gasteiger partial charge in [0.15, 0.2) is 0 Å². The van der Waals surface area contributed by atoms with Crippen LogP contribution in [0.2, 0.25) is 0 Å². The number of rotatable bonds is 5. The van der Waals surface area contributed by atoms with Crippen molar-refractivity contribution in [1.29, 1.82) is 0 Å². The molecule has 2 aliphatic heterocycles. The molecule has 2 saturated heterocycles. The van der Waals surface area contributed by atoms with Gasteiger partial charge in [-0.15, -0.1) is 12.4 Å². The van der Waals surface area contributed by atoms with Gasteiger partial charge in [0.2, 0.25) is 11.8 Å². The zero-order valence-electron chi connectivity index (χ0n) is 14.2. The van der Waals surface area contributed by atoms with Crippen LogP contribution in [0.1, 0.15) is 33.1 Å². The summed E-state index contributed by atoms with van der Waals surface area (Å²) in [5.41, 5.74) is 0. The minimum absolute atomic E-state index is 0. The fourth-order valence-electron chi connectivity index (χ4n) is 3.00. The van der Waals surface area contributed by atoms with Crippen molar-refractivity contribution >= 4 is 24.2 Å². The predicted octanol–water partition coefficient (Wildman–Crippen LogP) is 0.798. The molecule has 0 radical (unpaired) electrons. The van der Waals surface area contributed by atoms with Crippen molar-refractivity contribution < 1.29 is 14.3 Å². The third-order valence-electron chi connectivity index (χ3n) is 4.38. The van der Waals surface area contributed by atoms with Gasteiger partial charge in [0.1, 0.15) is 0 Å². The Morgan fingerprint density at radius 3 is 2.83 bits per heavy atom. The van der Waals surface area contributed by atoms with Gasteiger partial charge < -0.3 is 20.3 Å². The first kappa shape index (κ1) is 20.2. The quantitative estimate of drug-likeness (QED) is 0.771. The summed E-state index contributed by atoms with van der Waals surface area (Å²) >= 11 is 0. The van der Waals surface area contributed by atoms with E-state index in [2.05, 4.69) is 10.6 Å². The van der Waals surface area contributed by atoms with E-state index in [1.54, 1.807) is 0 Å². The summed E-state index contributed by atoms with van der Waals surface area (Å²) in [5, 5.41) is 6.31. The van der Waals surface area contributed by atoms with Crippen molar-refractivity contribution in [3.05, 3.63) is 0 Å². The molecule has 23 heavy (non-hydrogen) atoms. The van der Waals surface area contributed by atoms with Gasteiger partial charge in [-0.25, -0.2) is 0 Å². The van der Waals surface area contributed by atoms with Crippen LogP contribution in [0.15, 0.2) is 0 Å². The number of carbonyl (C=O) groups excluding carboxylic acids is 2. The fourth-order valence-corrected chi connectivity index (χ4v) is 3.00. The summed E-state index contributed by atoms with van der Waals surface area (Å²) < 4.78 is 5.40. The molecule has 2 heterocycles. The normalized spacial score (nSPS) is 24.9. The van der Waals surface area contributed by atoms with Crippen LogP contribution < -0.4 is 10.6 Å². The van der Waals surface area contributed by atoms with Crippen LogP contribution in [0.25, 0.3) is 0 Å². The predicted molar refractivity (Wildman–Crippen MR) is 91.6 cm³/mol. The monoisotopic (exact) mass is 347 g/mol. The zero-order valence-corrected chi connectivity index (χ0v) is 15.0. The van der Waals surface area contributed by atoms with Crippen LogP contribution in [0.5, 0.6) is 0 Å². The second kappa shape index (κ2) is 10.1. The van der Waals surface area contributed by atoms with Crippen molar-refractivity contribution in [1.82, 2.24) is 15.5 Å². The highest BCUT2D eigenvalue weighted by molar-refractivity contribution is 5.85. The molecule has 2 amide bonds. The molecule has 2 fully saturated rings. The van der Waals surface area contributed by atoms with E-state index in [0.717, 1.165) is 39.1 Å². The molecule has 2 N–H and O–H groups in total. The van der Waals surface area contributed by atoms with E-state index < -0.39 is 0 Å². The molecule has 0 aromatic rings. The number of carbonyl (C=O) groups is 2. The number of amides is 2. The molecule has 2 rings (SSSR count). The molecule has 2 aliphatic rings. The highest BCUT2D eigenvalue weighted by atomic mass is 35.5. The number of likely N-dealkylation sites (tertiary alicyclic amines) is 1. The second-order valence-electron chi connectivity index (χ2n) is 6.68. The van der Waals surface area contributed by atoms with Gasteiger partial charge in [0.25, 0.3) is 0 Å². The molecule has 2 atom stereocenters. The first-order valence-corrected chi connectivity index (χ1v) is 8.43. The van der Waals surface area contributed by atoms with Gasteiger partial charge in [-0.05, 0) is 18.8 Å². The van der Waals surface area contributed by atoms with Crippen LogP contribution in [0.4, 0.5) is 0 Å². The van der Waals surface area contributed by atoms with Crippen LogP contribution in [-0.4, -0.2) is 62.1 Å². The van der Waals surface area contributed by atoms with Crippen molar-refractivity contribution in [2.75, 3.05) is 39.4 Å². The maximum Gasteiger partial charge on any atom is 0.224 e. The van der Waals surface area contributed by atoms with Gasteiger partial charge in [-0.3, -0.25) is 9.59 Å². The molecule has 0 aromatic heterocycles. The van der Waals surface area contributed by atoms with Crippen molar-refractivity contribution in [2.24, 2.45) is 11.8 Å². The summed E-state index contributed by atoms with van der Waals surface area (Å²) in [6.07, 6.45) is 2.60. The first-order chi connectivity index (χ1) is 10.6. The Kier molecular flexibility index (Phi) is 8.87. The lowest BCUT2D eigenvalue weighted by Gasteiger charge is -2.34. The summed E-state index contributed by atoms with van der Waals surface area (Å²) in [6.45, 7) is 8.22. The minimum atomic E-state index is 0. The average molecular weight is 348 g/mol. The molecule has 6 nitrogen and oxygen atoms in total. The number of piperidine rings is 1. The van der Waals surface area contributed by atoms with Crippen LogP contribution in [0, 0.1) is 11.8 Å². The smallest absolute Gasteiger partial charge is 0.224 e. The number of halogens is 1. The molecule has 0 spiro atoms. The number of nitrogens with one attached hydrogen (secondary N) is 2. The van der Waals surface area contributed by atoms with E-state index in [1.165, 1.54) is 0 Å². The van der Waals surface area contributed by atoms with Gasteiger partial charge >= 0.3 is 0 Å². The number of ether oxygens (including phenoxy) is 1. The molecule has 0 saturated carbocycles. The lowest BCUT2D eigenvalue weighted by molar-refractivity contribution is -0.134. The summed E-state index contributed by atoms with van der Waals surface area (Å²) in [6, 6.07) is 0.141. The van der Waals surface area contributed by atoms with E-state index in [-0.39, 0.29) is 36.2 Å². The first-order valence-electron chi connectivity index (χ1n) is 8.43. The summed E-state index contributed by atoms with van der Waals surface area (Å²) in [7, 11) is 0. The molecule has 2 unspecified atom stereocenters. The number of morpholine rings is 1. The number of hydrogen-bond donors (Lipinski definition) is 2. The molecule has 0 aliphatic carbocycles. The third kappa shape index (κ3) is 6.65. The molecule has 0 bridgehead atoms. The Morgan fingerprint density at radius 2 is 2.17 bits per heavy atom. The Hall–Kier alpha value is -0.850. The molecular formula is C16H30ClN3O3. The maximum absolute atomic E-state index is 12.4. The topological polar surface area (TPSA) is 70.7 Å². The van der Waals surface area contributed by atoms with E-state index in [9.17, 15) is 9.59 Å². The Labute approximate surface area is 145 Å². The van der Waals surface area contributed by atoms with Gasteiger partial charge in [0.05, 0.1) is 13.2 Å². The van der Waals surface area contributed by atoms with Crippen molar-refractivity contribution in [3.63, 3.8) is 0 Å². The lowest BCUT2D eigenvalue weighted by atomic mass is 9.97. The molecular weight excluding hydrogens is 318 g/mol. The molecule has 7 heteroatoms. The standard InChI is InChI=1S/C16H29N3O3.ClH/c1-12(2)16(21)18-9-13-4-3-6-19(10-13)15(20)8-14-11-22-7-5-17-14;/h12-14,17H,3-11H2,1-2H3,(H,18,21);1H. The Bertz CT molecular complexity index is 387. The number of hydrogen-bond acceptors (Lipinski definition) is 4. The highest BCUT2D eigenvalue weighted by Crippen LogP contribution is 2.17. The van der Waals surface area contributed by atoms with Crippen LogP contribution in [-0.2, 0) is 14.3 Å². The van der Waals surface area contributed by atoms with E-state index in [1.807, 2.05) is 18.7 Å². The van der Waals surface area contributed by atoms with E-state index in [4.69, 9.17) is 4.74 Å². The van der Waals surface area contributed by atoms with Gasteiger partial charge in [-0.2, -0.15) is 0 Å². The lowest BCUT2D eigenvalue weighted by Crippen LogP contribution is -2.48. The van der Waals surface area contributed by atoms with Gasteiger partial charge in [0, 0.05) is 44.6 Å². The van der Waals surface area contributed by atoms with Crippen molar-refractivity contribution in [2.45, 2.75) is 39.2 Å². The highest BCUT2D eigenvalue weighted by Gasteiger charge is 2.26. The zero-order chi connectivity index (χ0) is 15.9. The largest absolute Gasteiger partial charge is 0.378 e. The maximum atomic E-state index is 12.4. The molecule has 134 valence electrons. The van der Waals surface area contributed by atoms with Crippen LogP contribution in [0.3, 0.4) is 0 Å². The van der Waals surface area contributed by atoms with E-state index >= 15 is 0 Å². The average Bonchev–Trinajstić information content (AvgIpc) is 2.53. The summed E-state index contributed by atoms with van der Waals surface area (Å²) in [5.74, 6) is 0.671. The van der Waals surface area contributed by atoms with Gasteiger partial charge in [-0.1, -0.05) is 13.8 Å². The van der Waals surface area contributed by atoms with Crippen molar-refractivity contribution in [3.8, 4) is 0 Å². The van der Waals surface area contributed by atoms with E-state index in [0.29, 0.717) is 25.5 Å². The Balaban J connectivity index is 0.00000264. The fraction of sp³-hybridized carbons (Fsp3) is 0.875. The molecule has 0 aromatic carbocycles. The summed E-state index contributed by atoms with van der Waals surface area (Å²) in [4.78, 5) is 26.0. The Morgan fingerprint density at radius 1 is 1.39 bits per heavy atom. The number of nitrogens with zero attached hydrogens (tertiary/aromatic N) is 1. The third-order valence-corrected chi connectivity index (χ3v) is 4.38. The van der Waals surface area contributed by atoms with Crippen LogP contribution >= 0.6 is 12.4 Å².